The van der Waals surface area contributed by atoms with Crippen LogP contribution in [0, 0.1) is 36.9 Å². The predicted octanol–water partition coefficient (Wildman–Crippen LogP) is 1.38. The molecule has 0 aliphatic carbocycles. The number of carbonyl (C=O) groups excluding carboxylic acids is 2. The van der Waals surface area contributed by atoms with Crippen molar-refractivity contribution in [3.05, 3.63) is 66.3 Å². The largest absolute Gasteiger partial charge is 3.00 e. The molecule has 0 saturated carbocycles. The van der Waals surface area contributed by atoms with Crippen molar-refractivity contribution in [3.63, 3.8) is 0 Å². The molecular weight excluding hydrogens is 1650 g/mol. The fraction of sp³-hybridized carbons (Fsp3) is 0.620. The zero-order chi connectivity index (χ0) is 81.5. The van der Waals surface area contributed by atoms with Gasteiger partial charge in [0.25, 0.3) is 0 Å². The number of anilines is 4. The minimum atomic E-state index is -1.52. The fourth-order valence-electron chi connectivity index (χ4n) is 13.2. The van der Waals surface area contributed by atoms with E-state index in [9.17, 15) is 103 Å². The SMILES string of the molecule is O=C(O)CC[C@H](NC(=O)N[C@@H](CCCCNC(=O)CCCCCCCCCCN1CCN(c2nc(Nc3ccc(CC4CN(CC(=O)O)CCN(CC(=O)O)CCN(CC(=O)O)CCN4CC(=O)O)cc3)nc(N[C@@H](CCCCN(Cc3nccn3CC(=O)O)Cc3nccn3CC(=O)O)C(=O)O)n2)CC1)C(=O)O)C(=O)O.[Lu+3]. The fourth-order valence-corrected chi connectivity index (χ4v) is 13.2. The summed E-state index contributed by atoms with van der Waals surface area (Å²) in [5, 5.41) is 110. The molecule has 113 heavy (non-hydrogen) atoms. The predicted molar refractivity (Wildman–Crippen MR) is 400 cm³/mol. The Morgan fingerprint density at radius 3 is 1.48 bits per heavy atom. The maximum absolute atomic E-state index is 13.1. The van der Waals surface area contributed by atoms with Gasteiger partial charge in [-0.3, -0.25) is 67.8 Å². The van der Waals surface area contributed by atoms with Crippen LogP contribution >= 0.6 is 0 Å². The Balaban J connectivity index is 0.0000228. The summed E-state index contributed by atoms with van der Waals surface area (Å²) in [6, 6.07) is 1.34. The van der Waals surface area contributed by atoms with Crippen molar-refractivity contribution in [2.24, 2.45) is 0 Å². The molecule has 0 radical (unpaired) electrons. The van der Waals surface area contributed by atoms with E-state index in [-0.39, 0.29) is 171 Å². The van der Waals surface area contributed by atoms with Gasteiger partial charge in [-0.25, -0.2) is 29.1 Å². The zero-order valence-electron chi connectivity index (χ0n) is 63.1. The van der Waals surface area contributed by atoms with Crippen molar-refractivity contribution in [3.8, 4) is 0 Å². The Kier molecular flexibility index (Phi) is 42.1. The van der Waals surface area contributed by atoms with E-state index in [0.717, 1.165) is 57.1 Å². The number of aliphatic carboxylic acids is 10. The van der Waals surface area contributed by atoms with Crippen molar-refractivity contribution in [1.29, 1.82) is 0 Å². The summed E-state index contributed by atoms with van der Waals surface area (Å²) in [5.41, 5.74) is 1.22. The molecule has 2 aliphatic heterocycles. The molecule has 1 aromatic carbocycles. The molecule has 42 heteroatoms. The normalized spacial score (nSPS) is 15.8. The van der Waals surface area contributed by atoms with Crippen molar-refractivity contribution >= 4 is 95.2 Å². The molecule has 2 aliphatic rings. The van der Waals surface area contributed by atoms with Crippen LogP contribution < -0.4 is 31.5 Å². The van der Waals surface area contributed by atoms with Gasteiger partial charge in [-0.15, -0.1) is 0 Å². The zero-order valence-corrected chi connectivity index (χ0v) is 64.8. The Bertz CT molecular complexity index is 3660. The molecule has 630 valence electrons. The molecule has 2 fully saturated rings. The van der Waals surface area contributed by atoms with Gasteiger partial charge in [0.2, 0.25) is 23.8 Å². The van der Waals surface area contributed by atoms with E-state index in [1.54, 1.807) is 56.3 Å². The standard InChI is InChI=1S/C71H107N19O22.Lu/c91-57(74-22-10-8-13-53(66(108)109)77-71(112)78-54(67(110)111)20-21-58(92)93)15-7-5-3-1-2-4-6-11-25-82-33-36-87(37-34-82)70-80-68(79-69(81-70)76-52(65(106)107)14-9-12-26-85(41-55-72-23-27-89(55)47-63(102)103)42-56-73-24-28-90(56)48-64(104)105)75-50-18-16-49(17-19-50)39-51-40-86(45-61(98)99)32-31-83(43-59(94)95)29-30-84(44-60(96)97)35-38-88(51)46-62(100)101;/h16-19,23-24,27-28,51-54H,1-15,20-22,25-26,29-48H2,(H,74,91)(H,92,93)(H,94,95)(H,96,97)(H,98,99)(H,100,101)(H,102,103)(H,104,105)(H,106,107)(H,108,109)(H,110,111)(H2,77,78,112)(H2,75,76,79,80,81);/q;+3/t51?,52-,53-,54-;/m0./s1. The van der Waals surface area contributed by atoms with Crippen LogP contribution in [-0.2, 0) is 85.3 Å². The molecule has 4 aromatic rings. The summed E-state index contributed by atoms with van der Waals surface area (Å²) in [4.78, 5) is 180. The number of carboxylic acids is 10. The Labute approximate surface area is 681 Å². The Morgan fingerprint density at radius 1 is 0.460 bits per heavy atom. The van der Waals surface area contributed by atoms with Crippen molar-refractivity contribution < 1.29 is 145 Å². The molecule has 4 atom stereocenters. The second kappa shape index (κ2) is 50.6. The van der Waals surface area contributed by atoms with Gasteiger partial charge in [0.1, 0.15) is 42.9 Å². The Morgan fingerprint density at radius 2 is 0.938 bits per heavy atom. The monoisotopic (exact) mass is 1750 g/mol. The van der Waals surface area contributed by atoms with Crippen LogP contribution in [0.3, 0.4) is 0 Å². The molecule has 5 heterocycles. The molecule has 15 N–H and O–H groups in total. The number of imidazole rings is 2. The van der Waals surface area contributed by atoms with Gasteiger partial charge in [0, 0.05) is 128 Å². The van der Waals surface area contributed by atoms with Crippen LogP contribution in [0.5, 0.6) is 0 Å². The number of carbonyl (C=O) groups is 12. The van der Waals surface area contributed by atoms with E-state index in [2.05, 4.69) is 46.4 Å². The van der Waals surface area contributed by atoms with E-state index < -0.39 is 109 Å². The van der Waals surface area contributed by atoms with E-state index in [1.807, 2.05) is 9.80 Å². The first-order chi connectivity index (χ1) is 53.5. The number of unbranched alkanes of at least 4 members (excludes halogenated alkanes) is 9. The van der Waals surface area contributed by atoms with Crippen LogP contribution in [0.15, 0.2) is 49.1 Å². The number of nitrogens with zero attached hydrogens (tertiary/aromatic N) is 14. The number of aromatic nitrogens is 7. The molecule has 3 amide bonds. The number of piperazine rings is 1. The van der Waals surface area contributed by atoms with Gasteiger partial charge >= 0.3 is 103 Å². The number of urea groups is 1. The molecule has 0 spiro atoms. The summed E-state index contributed by atoms with van der Waals surface area (Å²) in [5.74, 6) is -10.9. The van der Waals surface area contributed by atoms with Gasteiger partial charge in [-0.05, 0) is 95.0 Å². The average Bonchev–Trinajstić information content (AvgIpc) is 1.36. The molecule has 0 bridgehead atoms. The number of amides is 3. The topological polar surface area (TPSA) is 564 Å². The van der Waals surface area contributed by atoms with E-state index >= 15 is 0 Å². The first kappa shape index (κ1) is 94.1. The Hall–Kier alpha value is -9.52. The third kappa shape index (κ3) is 37.3. The third-order valence-corrected chi connectivity index (χ3v) is 19.0. The van der Waals surface area contributed by atoms with Gasteiger partial charge in [0.15, 0.2) is 0 Å². The third-order valence-electron chi connectivity index (χ3n) is 19.0. The molecule has 6 rings (SSSR count). The minimum Gasteiger partial charge on any atom is -0.481 e. The second-order valence-corrected chi connectivity index (χ2v) is 27.9. The molecule has 3 aromatic heterocycles. The maximum atomic E-state index is 13.1. The van der Waals surface area contributed by atoms with Gasteiger partial charge in [-0.1, -0.05) is 50.7 Å². The van der Waals surface area contributed by atoms with Gasteiger partial charge < -0.3 is 91.7 Å². The summed E-state index contributed by atoms with van der Waals surface area (Å²) < 4.78 is 2.97. The van der Waals surface area contributed by atoms with Crippen LogP contribution in [0.2, 0.25) is 0 Å². The first-order valence-corrected chi connectivity index (χ1v) is 37.6. The van der Waals surface area contributed by atoms with Crippen LogP contribution in [0.25, 0.3) is 0 Å². The summed E-state index contributed by atoms with van der Waals surface area (Å²) in [7, 11) is 0. The molecule has 2 saturated heterocycles. The van der Waals surface area contributed by atoms with Crippen molar-refractivity contribution in [2.45, 2.75) is 166 Å². The van der Waals surface area contributed by atoms with Crippen molar-refractivity contribution in [2.75, 3.05) is 133 Å². The summed E-state index contributed by atoms with van der Waals surface area (Å²) >= 11 is 0. The number of nitrogens with one attached hydrogen (secondary N) is 5. The van der Waals surface area contributed by atoms with E-state index in [0.29, 0.717) is 95.1 Å². The van der Waals surface area contributed by atoms with Crippen LogP contribution in [-0.4, -0.2) is 328 Å². The van der Waals surface area contributed by atoms with E-state index in [4.69, 9.17) is 15.1 Å². The maximum Gasteiger partial charge on any atom is 3.00 e. The quantitative estimate of drug-likeness (QED) is 0.0278. The van der Waals surface area contributed by atoms with Crippen LogP contribution in [0.4, 0.5) is 28.3 Å². The smallest absolute Gasteiger partial charge is 0.481 e. The number of hydrogen-bond donors (Lipinski definition) is 15. The van der Waals surface area contributed by atoms with Gasteiger partial charge in [0.05, 0.1) is 39.3 Å². The van der Waals surface area contributed by atoms with Gasteiger partial charge in [-0.2, -0.15) is 15.0 Å². The molecular formula is C71H107LuN19O22+3. The first-order valence-electron chi connectivity index (χ1n) is 37.6. The second-order valence-electron chi connectivity index (χ2n) is 27.9. The average molecular weight is 1750 g/mol. The van der Waals surface area contributed by atoms with Crippen molar-refractivity contribution in [1.82, 2.24) is 79.4 Å². The number of benzene rings is 1. The summed E-state index contributed by atoms with van der Waals surface area (Å²) in [6.07, 6.45) is 15.0. The number of rotatable bonds is 52. The van der Waals surface area contributed by atoms with E-state index in [1.165, 1.54) is 21.5 Å². The minimum absolute atomic E-state index is 0. The molecule has 1 unspecified atom stereocenters. The molecule has 41 nitrogen and oxygen atoms in total. The van der Waals surface area contributed by atoms with Crippen LogP contribution in [0.1, 0.15) is 126 Å². The summed E-state index contributed by atoms with van der Waals surface area (Å²) in [6.45, 7) is 2.75. The number of hydrogen-bond acceptors (Lipinski definition) is 26. The number of carboxylic acid groups (broad SMARTS) is 10.